The number of benzene rings is 1. The summed E-state index contributed by atoms with van der Waals surface area (Å²) in [4.78, 5) is 10.3. The second-order valence-electron chi connectivity index (χ2n) is 5.86. The van der Waals surface area contributed by atoms with E-state index in [0.717, 1.165) is 6.07 Å². The zero-order valence-corrected chi connectivity index (χ0v) is 14.8. The molecule has 0 saturated carbocycles. The van der Waals surface area contributed by atoms with E-state index >= 15 is 0 Å². The van der Waals surface area contributed by atoms with Crippen molar-refractivity contribution in [2.24, 2.45) is 5.92 Å². The van der Waals surface area contributed by atoms with Crippen LogP contribution in [0.4, 0.5) is 5.69 Å². The van der Waals surface area contributed by atoms with Gasteiger partial charge in [0.1, 0.15) is 0 Å². The van der Waals surface area contributed by atoms with Crippen LogP contribution >= 0.6 is 0 Å². The highest BCUT2D eigenvalue weighted by Crippen LogP contribution is 2.25. The molecular weight excluding hydrogens is 320 g/mol. The number of rotatable bonds is 9. The minimum Gasteiger partial charge on any atom is -0.381 e. The minimum atomic E-state index is -3.78. The standard InChI is InChI=1S/C15H24N2O5S/c1-11(2)10-22-7-5-6-16-23(20,21)15-9-14(17(18)19)8-12(3)13(15)4/h8-9,11,16H,5-7,10H2,1-4H3. The van der Waals surface area contributed by atoms with E-state index in [1.54, 1.807) is 13.8 Å². The van der Waals surface area contributed by atoms with E-state index in [0.29, 0.717) is 36.7 Å². The molecule has 1 N–H and O–H groups in total. The van der Waals surface area contributed by atoms with Gasteiger partial charge in [0.15, 0.2) is 0 Å². The van der Waals surface area contributed by atoms with Crippen LogP contribution in [0.3, 0.4) is 0 Å². The van der Waals surface area contributed by atoms with Crippen LogP contribution in [-0.4, -0.2) is 33.1 Å². The topological polar surface area (TPSA) is 98.5 Å². The molecule has 0 aromatic heterocycles. The lowest BCUT2D eigenvalue weighted by molar-refractivity contribution is -0.385. The van der Waals surface area contributed by atoms with Crippen LogP contribution in [0.1, 0.15) is 31.4 Å². The van der Waals surface area contributed by atoms with Crippen molar-refractivity contribution < 1.29 is 18.1 Å². The van der Waals surface area contributed by atoms with Gasteiger partial charge in [0, 0.05) is 31.9 Å². The minimum absolute atomic E-state index is 0.0488. The van der Waals surface area contributed by atoms with Crippen LogP contribution in [0.15, 0.2) is 17.0 Å². The van der Waals surface area contributed by atoms with Crippen molar-refractivity contribution in [1.29, 1.82) is 0 Å². The average molecular weight is 344 g/mol. The Morgan fingerprint density at radius 2 is 1.96 bits per heavy atom. The first-order chi connectivity index (χ1) is 10.6. The fourth-order valence-corrected chi connectivity index (χ4v) is 3.38. The van der Waals surface area contributed by atoms with Crippen LogP contribution in [0, 0.1) is 29.9 Å². The molecule has 0 fully saturated rings. The maximum Gasteiger partial charge on any atom is 0.271 e. The summed E-state index contributed by atoms with van der Waals surface area (Å²) in [5, 5.41) is 10.9. The quantitative estimate of drug-likeness (QED) is 0.422. The van der Waals surface area contributed by atoms with Crippen molar-refractivity contribution in [3.8, 4) is 0 Å². The van der Waals surface area contributed by atoms with Crippen LogP contribution in [-0.2, 0) is 14.8 Å². The van der Waals surface area contributed by atoms with Crippen LogP contribution < -0.4 is 4.72 Å². The van der Waals surface area contributed by atoms with Crippen LogP contribution in [0.5, 0.6) is 0 Å². The smallest absolute Gasteiger partial charge is 0.271 e. The third-order valence-electron chi connectivity index (χ3n) is 3.31. The molecule has 1 aromatic rings. The molecule has 0 spiro atoms. The number of ether oxygens (including phenoxy) is 1. The summed E-state index contributed by atoms with van der Waals surface area (Å²) >= 11 is 0. The number of non-ortho nitro benzene ring substituents is 1. The summed E-state index contributed by atoms with van der Waals surface area (Å²) in [5.41, 5.74) is 0.854. The fraction of sp³-hybridized carbons (Fsp3) is 0.600. The molecule has 0 radical (unpaired) electrons. The second-order valence-corrected chi connectivity index (χ2v) is 7.60. The van der Waals surface area contributed by atoms with Crippen molar-refractivity contribution in [3.63, 3.8) is 0 Å². The normalized spacial score (nSPS) is 11.9. The van der Waals surface area contributed by atoms with Gasteiger partial charge in [-0.3, -0.25) is 10.1 Å². The summed E-state index contributed by atoms with van der Waals surface area (Å²) in [6, 6.07) is 2.47. The fourth-order valence-electron chi connectivity index (χ4n) is 1.97. The highest BCUT2D eigenvalue weighted by Gasteiger charge is 2.21. The Bertz CT molecular complexity index is 656. The van der Waals surface area contributed by atoms with E-state index in [1.807, 2.05) is 13.8 Å². The Morgan fingerprint density at radius 1 is 1.30 bits per heavy atom. The molecule has 23 heavy (non-hydrogen) atoms. The number of sulfonamides is 1. The van der Waals surface area contributed by atoms with E-state index in [9.17, 15) is 18.5 Å². The van der Waals surface area contributed by atoms with Gasteiger partial charge >= 0.3 is 0 Å². The van der Waals surface area contributed by atoms with Gasteiger partial charge in [0.2, 0.25) is 10.0 Å². The lowest BCUT2D eigenvalue weighted by Gasteiger charge is -2.11. The van der Waals surface area contributed by atoms with Crippen molar-refractivity contribution in [2.75, 3.05) is 19.8 Å². The molecule has 0 saturated heterocycles. The average Bonchev–Trinajstić information content (AvgIpc) is 2.44. The molecule has 0 bridgehead atoms. The summed E-state index contributed by atoms with van der Waals surface area (Å²) in [7, 11) is -3.78. The third-order valence-corrected chi connectivity index (χ3v) is 4.90. The Morgan fingerprint density at radius 3 is 2.52 bits per heavy atom. The van der Waals surface area contributed by atoms with Crippen LogP contribution in [0.2, 0.25) is 0 Å². The summed E-state index contributed by atoms with van der Waals surface area (Å²) < 4.78 is 32.5. The number of aryl methyl sites for hydroxylation is 1. The molecular formula is C15H24N2O5S. The molecule has 0 aliphatic carbocycles. The molecule has 130 valence electrons. The predicted octanol–water partition coefficient (Wildman–Crippen LogP) is 2.55. The monoisotopic (exact) mass is 344 g/mol. The van der Waals surface area contributed by atoms with E-state index in [4.69, 9.17) is 4.74 Å². The first-order valence-electron chi connectivity index (χ1n) is 7.48. The van der Waals surface area contributed by atoms with Crippen molar-refractivity contribution in [2.45, 2.75) is 39.0 Å². The van der Waals surface area contributed by atoms with Gasteiger partial charge in [-0.15, -0.1) is 0 Å². The second kappa shape index (κ2) is 8.37. The van der Waals surface area contributed by atoms with Gasteiger partial charge in [-0.2, -0.15) is 0 Å². The summed E-state index contributed by atoms with van der Waals surface area (Å²) in [6.07, 6.45) is 0.541. The maximum atomic E-state index is 12.3. The molecule has 0 unspecified atom stereocenters. The summed E-state index contributed by atoms with van der Waals surface area (Å²) in [6.45, 7) is 8.69. The van der Waals surface area contributed by atoms with E-state index in [1.165, 1.54) is 6.07 Å². The van der Waals surface area contributed by atoms with Crippen molar-refractivity contribution >= 4 is 15.7 Å². The first kappa shape index (κ1) is 19.5. The van der Waals surface area contributed by atoms with Gasteiger partial charge in [-0.1, -0.05) is 13.8 Å². The number of nitrogens with zero attached hydrogens (tertiary/aromatic N) is 1. The Balaban J connectivity index is 2.75. The number of nitrogens with one attached hydrogen (secondary N) is 1. The Kier molecular flexibility index (Phi) is 7.11. The van der Waals surface area contributed by atoms with Crippen molar-refractivity contribution in [1.82, 2.24) is 4.72 Å². The lowest BCUT2D eigenvalue weighted by Crippen LogP contribution is -2.26. The summed E-state index contributed by atoms with van der Waals surface area (Å²) in [5.74, 6) is 0.433. The van der Waals surface area contributed by atoms with Crippen molar-refractivity contribution in [3.05, 3.63) is 33.4 Å². The number of hydrogen-bond acceptors (Lipinski definition) is 5. The van der Waals surface area contributed by atoms with Gasteiger partial charge in [0.05, 0.1) is 9.82 Å². The molecule has 0 aliphatic rings. The number of nitro benzene ring substituents is 1. The molecule has 1 aromatic carbocycles. The predicted molar refractivity (Wildman–Crippen MR) is 88.0 cm³/mol. The first-order valence-corrected chi connectivity index (χ1v) is 8.96. The van der Waals surface area contributed by atoms with E-state index in [-0.39, 0.29) is 17.1 Å². The highest BCUT2D eigenvalue weighted by molar-refractivity contribution is 7.89. The third kappa shape index (κ3) is 5.89. The van der Waals surface area contributed by atoms with E-state index < -0.39 is 14.9 Å². The zero-order valence-electron chi connectivity index (χ0n) is 14.0. The Hall–Kier alpha value is -1.51. The Labute approximate surface area is 137 Å². The molecule has 0 atom stereocenters. The van der Waals surface area contributed by atoms with Gasteiger partial charge < -0.3 is 4.74 Å². The SMILES string of the molecule is Cc1cc([N+](=O)[O-])cc(S(=O)(=O)NCCCOCC(C)C)c1C. The molecule has 7 nitrogen and oxygen atoms in total. The number of nitro groups is 1. The zero-order chi connectivity index (χ0) is 17.6. The molecule has 8 heteroatoms. The van der Waals surface area contributed by atoms with Gasteiger partial charge in [-0.05, 0) is 37.3 Å². The lowest BCUT2D eigenvalue weighted by atomic mass is 10.1. The molecule has 1 rings (SSSR count). The number of hydrogen-bond donors (Lipinski definition) is 1. The molecule has 0 heterocycles. The highest BCUT2D eigenvalue weighted by atomic mass is 32.2. The van der Waals surface area contributed by atoms with E-state index in [2.05, 4.69) is 4.72 Å². The van der Waals surface area contributed by atoms with Crippen LogP contribution in [0.25, 0.3) is 0 Å². The largest absolute Gasteiger partial charge is 0.381 e. The molecule has 0 amide bonds. The van der Waals surface area contributed by atoms with Gasteiger partial charge in [-0.25, -0.2) is 13.1 Å². The maximum absolute atomic E-state index is 12.3. The van der Waals surface area contributed by atoms with Gasteiger partial charge in [0.25, 0.3) is 5.69 Å². The molecule has 0 aliphatic heterocycles.